The predicted molar refractivity (Wildman–Crippen MR) is 135 cm³/mol. The fourth-order valence-electron chi connectivity index (χ4n) is 5.08. The summed E-state index contributed by atoms with van der Waals surface area (Å²) in [5.74, 6) is 0.323. The molecule has 1 N–H and O–H groups in total. The van der Waals surface area contributed by atoms with Crippen molar-refractivity contribution in [3.8, 4) is 5.75 Å². The van der Waals surface area contributed by atoms with E-state index >= 15 is 0 Å². The van der Waals surface area contributed by atoms with Gasteiger partial charge in [0.15, 0.2) is 5.79 Å². The fraction of sp³-hybridized carbons (Fsp3) is 0.615. The van der Waals surface area contributed by atoms with Crippen LogP contribution < -0.4 is 10.1 Å². The van der Waals surface area contributed by atoms with Crippen molar-refractivity contribution in [3.63, 3.8) is 0 Å². The highest BCUT2D eigenvalue weighted by atomic mass is 32.2. The van der Waals surface area contributed by atoms with Crippen molar-refractivity contribution < 1.29 is 28.5 Å². The van der Waals surface area contributed by atoms with Crippen LogP contribution in [0, 0.1) is 0 Å². The highest BCUT2D eigenvalue weighted by Gasteiger charge is 2.53. The average molecular weight is 505 g/mol. The molecule has 3 heterocycles. The number of ether oxygens (including phenoxy) is 4. The Bertz CT molecular complexity index is 894. The molecule has 0 aromatic heterocycles. The summed E-state index contributed by atoms with van der Waals surface area (Å²) in [7, 11) is 3.27. The Balaban J connectivity index is 1.55. The second-order valence-electron chi connectivity index (χ2n) is 9.29. The number of rotatable bonds is 5. The molecule has 192 valence electrons. The molecule has 0 aliphatic carbocycles. The van der Waals surface area contributed by atoms with Gasteiger partial charge in [-0.15, -0.1) is 0 Å². The first-order valence-electron chi connectivity index (χ1n) is 12.4. The number of amides is 2. The standard InChI is InChI=1S/C26H36N2O6S/c1-31-21-12-10-19(11-13-21)17-28-23(18-35-25(28)30)26(32-2)16-20-15-22(34-26)9-7-5-3-4-6-8-14-33-24(29)27-20/h3-4,10-13,20,22-23H,5-9,14-18H2,1-2H3,(H,27,29)/b4-3-/t20-,22?,23+,26-/m1/s1. The largest absolute Gasteiger partial charge is 0.497 e. The van der Waals surface area contributed by atoms with Gasteiger partial charge < -0.3 is 29.2 Å². The van der Waals surface area contributed by atoms with Crippen LogP contribution in [0.1, 0.15) is 50.5 Å². The van der Waals surface area contributed by atoms with Crippen molar-refractivity contribution in [2.24, 2.45) is 0 Å². The van der Waals surface area contributed by atoms with E-state index in [1.54, 1.807) is 14.2 Å². The molecule has 1 aromatic rings. The van der Waals surface area contributed by atoms with Gasteiger partial charge in [0.2, 0.25) is 0 Å². The molecular formula is C26H36N2O6S. The maximum absolute atomic E-state index is 12.9. The van der Waals surface area contributed by atoms with Crippen LogP contribution in [-0.2, 0) is 20.8 Å². The number of hydrogen-bond acceptors (Lipinski definition) is 7. The Morgan fingerprint density at radius 1 is 1.14 bits per heavy atom. The minimum absolute atomic E-state index is 0.00386. The van der Waals surface area contributed by atoms with Gasteiger partial charge in [0.1, 0.15) is 5.75 Å². The van der Waals surface area contributed by atoms with Gasteiger partial charge in [-0.25, -0.2) is 4.79 Å². The van der Waals surface area contributed by atoms with E-state index in [1.807, 2.05) is 29.2 Å². The number of alkyl carbamates (subject to hydrolysis) is 1. The van der Waals surface area contributed by atoms with Crippen LogP contribution in [0.3, 0.4) is 0 Å². The van der Waals surface area contributed by atoms with E-state index in [9.17, 15) is 9.59 Å². The summed E-state index contributed by atoms with van der Waals surface area (Å²) in [6, 6.07) is 7.28. The van der Waals surface area contributed by atoms with E-state index in [4.69, 9.17) is 18.9 Å². The minimum atomic E-state index is -1.01. The molecule has 0 spiro atoms. The third-order valence-corrected chi connectivity index (χ3v) is 7.88. The Kier molecular flexibility index (Phi) is 8.97. The number of hydrogen-bond donors (Lipinski definition) is 1. The summed E-state index contributed by atoms with van der Waals surface area (Å²) in [6.45, 7) is 0.839. The number of carbonyl (C=O) groups is 2. The van der Waals surface area contributed by atoms with Crippen molar-refractivity contribution in [1.82, 2.24) is 10.2 Å². The van der Waals surface area contributed by atoms with Crippen LogP contribution in [0.5, 0.6) is 5.75 Å². The van der Waals surface area contributed by atoms with Gasteiger partial charge in [0.25, 0.3) is 5.24 Å². The molecule has 35 heavy (non-hydrogen) atoms. The monoisotopic (exact) mass is 504 g/mol. The fourth-order valence-corrected chi connectivity index (χ4v) is 6.17. The smallest absolute Gasteiger partial charge is 0.407 e. The Hall–Kier alpha value is -2.23. The molecule has 2 saturated heterocycles. The number of nitrogens with zero attached hydrogens (tertiary/aromatic N) is 1. The summed E-state index contributed by atoms with van der Waals surface area (Å²) in [6.07, 6.45) is 9.53. The highest BCUT2D eigenvalue weighted by Crippen LogP contribution is 2.42. The quantitative estimate of drug-likeness (QED) is 0.573. The van der Waals surface area contributed by atoms with Crippen molar-refractivity contribution in [2.45, 2.75) is 75.5 Å². The van der Waals surface area contributed by atoms with Crippen LogP contribution in [0.25, 0.3) is 0 Å². The van der Waals surface area contributed by atoms with Crippen molar-refractivity contribution >= 4 is 23.1 Å². The van der Waals surface area contributed by atoms with Gasteiger partial charge >= 0.3 is 6.09 Å². The van der Waals surface area contributed by atoms with E-state index in [0.29, 0.717) is 31.7 Å². The minimum Gasteiger partial charge on any atom is -0.497 e. The summed E-state index contributed by atoms with van der Waals surface area (Å²) in [5.41, 5.74) is 1.00. The lowest BCUT2D eigenvalue weighted by Crippen LogP contribution is -2.62. The average Bonchev–Trinajstić information content (AvgIpc) is 3.23. The topological polar surface area (TPSA) is 86.3 Å². The first-order chi connectivity index (χ1) is 17.0. The molecule has 3 aliphatic heterocycles. The lowest BCUT2D eigenvalue weighted by atomic mass is 9.89. The first-order valence-corrected chi connectivity index (χ1v) is 13.4. The Labute approximate surface area is 211 Å². The van der Waals surface area contributed by atoms with E-state index in [1.165, 1.54) is 11.8 Å². The molecule has 0 radical (unpaired) electrons. The molecule has 2 bridgehead atoms. The molecule has 2 amide bonds. The molecule has 1 aromatic carbocycles. The zero-order chi connectivity index (χ0) is 24.7. The first kappa shape index (κ1) is 25.9. The molecule has 2 fully saturated rings. The number of carbonyl (C=O) groups excluding carboxylic acids is 2. The summed E-state index contributed by atoms with van der Waals surface area (Å²) >= 11 is 1.29. The van der Waals surface area contributed by atoms with E-state index in [-0.39, 0.29) is 23.4 Å². The normalized spacial score (nSPS) is 31.3. The molecule has 4 rings (SSSR count). The van der Waals surface area contributed by atoms with Crippen LogP contribution in [-0.4, -0.2) is 66.8 Å². The third-order valence-electron chi connectivity index (χ3n) is 6.92. The molecule has 9 heteroatoms. The van der Waals surface area contributed by atoms with Gasteiger partial charge in [-0.2, -0.15) is 0 Å². The molecule has 0 saturated carbocycles. The van der Waals surface area contributed by atoms with Crippen LogP contribution in [0.4, 0.5) is 9.59 Å². The lowest BCUT2D eigenvalue weighted by molar-refractivity contribution is -0.294. The van der Waals surface area contributed by atoms with Gasteiger partial charge in [-0.05, 0) is 56.2 Å². The van der Waals surface area contributed by atoms with Crippen LogP contribution in [0.2, 0.25) is 0 Å². The van der Waals surface area contributed by atoms with Crippen molar-refractivity contribution in [2.75, 3.05) is 26.6 Å². The van der Waals surface area contributed by atoms with E-state index in [0.717, 1.165) is 43.4 Å². The van der Waals surface area contributed by atoms with Gasteiger partial charge in [0.05, 0.1) is 25.9 Å². The predicted octanol–water partition coefficient (Wildman–Crippen LogP) is 4.87. The second kappa shape index (κ2) is 12.1. The summed E-state index contributed by atoms with van der Waals surface area (Å²) < 4.78 is 23.4. The molecule has 3 aliphatic rings. The maximum Gasteiger partial charge on any atom is 0.407 e. The maximum atomic E-state index is 12.9. The number of benzene rings is 1. The van der Waals surface area contributed by atoms with Crippen LogP contribution >= 0.6 is 11.8 Å². The molecule has 4 atom stereocenters. The zero-order valence-electron chi connectivity index (χ0n) is 20.6. The number of nitrogens with one attached hydrogen (secondary N) is 1. The van der Waals surface area contributed by atoms with Crippen molar-refractivity contribution in [3.05, 3.63) is 42.0 Å². The van der Waals surface area contributed by atoms with Gasteiger partial charge in [-0.3, -0.25) is 4.79 Å². The van der Waals surface area contributed by atoms with Gasteiger partial charge in [-0.1, -0.05) is 36.0 Å². The summed E-state index contributed by atoms with van der Waals surface area (Å²) in [5, 5.41) is 3.04. The Morgan fingerprint density at radius 2 is 1.91 bits per heavy atom. The number of allylic oxidation sites excluding steroid dienone is 2. The molecular weight excluding hydrogens is 468 g/mol. The number of thioether (sulfide) groups is 1. The van der Waals surface area contributed by atoms with Gasteiger partial charge in [0, 0.05) is 31.9 Å². The van der Waals surface area contributed by atoms with Crippen molar-refractivity contribution in [1.29, 1.82) is 0 Å². The summed E-state index contributed by atoms with van der Waals surface area (Å²) in [4.78, 5) is 27.3. The highest BCUT2D eigenvalue weighted by molar-refractivity contribution is 8.13. The molecule has 1 unspecified atom stereocenters. The Morgan fingerprint density at radius 3 is 2.66 bits per heavy atom. The SMILES string of the molecule is COc1ccc(CN2C(=O)SC[C@H]2[C@@]2(OC)C[C@H]3CC(CCC/C=C\CCCOC(=O)N3)O2)cc1. The number of methoxy groups -OCH3 is 2. The lowest BCUT2D eigenvalue weighted by Gasteiger charge is -2.48. The number of cyclic esters (lactones) is 1. The van der Waals surface area contributed by atoms with E-state index in [2.05, 4.69) is 17.5 Å². The second-order valence-corrected chi connectivity index (χ2v) is 10.3. The van der Waals surface area contributed by atoms with Crippen LogP contribution in [0.15, 0.2) is 36.4 Å². The number of fused-ring (bicyclic) bond motifs is 2. The third kappa shape index (κ3) is 6.51. The zero-order valence-corrected chi connectivity index (χ0v) is 21.4. The van der Waals surface area contributed by atoms with E-state index < -0.39 is 11.9 Å². The molecule has 8 nitrogen and oxygen atoms in total.